The molecule has 0 spiro atoms. The summed E-state index contributed by atoms with van der Waals surface area (Å²) in [5.41, 5.74) is 0.782. The normalized spacial score (nSPS) is 26.8. The number of hydrogen-bond acceptors (Lipinski definition) is 3. The molecule has 0 amide bonds. The number of rotatable bonds is 2. The van der Waals surface area contributed by atoms with E-state index in [-0.39, 0.29) is 11.5 Å². The maximum absolute atomic E-state index is 9.01. The zero-order valence-corrected chi connectivity index (χ0v) is 6.87. The summed E-state index contributed by atoms with van der Waals surface area (Å²) in [5.74, 6) is 0.280. The third-order valence-electron chi connectivity index (χ3n) is 1.85. The lowest BCUT2D eigenvalue weighted by atomic mass is 10.2. The topological polar surface area (TPSA) is 44.8 Å². The van der Waals surface area contributed by atoms with Gasteiger partial charge in [-0.15, -0.1) is 0 Å². The number of epoxide rings is 1. The Morgan fingerprint density at radius 1 is 1.42 bits per heavy atom. The molecule has 1 heterocycles. The molecular formula is C9H11NO2. The van der Waals surface area contributed by atoms with E-state index in [0.29, 0.717) is 0 Å². The fraction of sp³-hybridized carbons (Fsp3) is 0.333. The number of nitrogens with one attached hydrogen (secondary N) is 1. The first-order chi connectivity index (χ1) is 5.68. The number of hydrogen-bond donors (Lipinski definition) is 2. The number of anilines is 1. The number of aromatic hydroxyl groups is 1. The lowest BCUT2D eigenvalue weighted by Gasteiger charge is -2.09. The molecule has 2 N–H and O–H groups in total. The molecule has 0 aromatic heterocycles. The molecule has 1 unspecified atom stereocenters. The second-order valence-electron chi connectivity index (χ2n) is 3.19. The monoisotopic (exact) mass is 165 g/mol. The predicted octanol–water partition coefficient (Wildman–Crippen LogP) is 1.55. The molecule has 12 heavy (non-hydrogen) atoms. The Hall–Kier alpha value is -1.22. The first kappa shape index (κ1) is 7.43. The Kier molecular flexibility index (Phi) is 1.48. The molecule has 1 atom stereocenters. The van der Waals surface area contributed by atoms with E-state index in [1.54, 1.807) is 12.1 Å². The third kappa shape index (κ3) is 1.51. The standard InChI is InChI=1S/C9H11NO2/c1-9(6-12-9)10-7-2-4-8(11)5-3-7/h2-5,10-11H,6H2,1H3. The molecule has 0 radical (unpaired) electrons. The van der Waals surface area contributed by atoms with Crippen molar-refractivity contribution in [2.24, 2.45) is 0 Å². The molecule has 2 rings (SSSR count). The fourth-order valence-electron chi connectivity index (χ4n) is 1.03. The first-order valence-electron chi connectivity index (χ1n) is 3.89. The molecule has 1 aliphatic rings. The molecule has 3 nitrogen and oxygen atoms in total. The summed E-state index contributed by atoms with van der Waals surface area (Å²) in [6.45, 7) is 2.73. The summed E-state index contributed by atoms with van der Waals surface area (Å²) >= 11 is 0. The van der Waals surface area contributed by atoms with E-state index in [2.05, 4.69) is 5.32 Å². The third-order valence-corrected chi connectivity index (χ3v) is 1.85. The van der Waals surface area contributed by atoms with Crippen LogP contribution in [0.3, 0.4) is 0 Å². The Labute approximate surface area is 71.0 Å². The van der Waals surface area contributed by atoms with E-state index in [1.165, 1.54) is 0 Å². The molecule has 1 aliphatic heterocycles. The van der Waals surface area contributed by atoms with Crippen LogP contribution in [-0.2, 0) is 4.74 Å². The second kappa shape index (κ2) is 2.38. The van der Waals surface area contributed by atoms with Crippen LogP contribution in [0, 0.1) is 0 Å². The van der Waals surface area contributed by atoms with Crippen molar-refractivity contribution in [2.75, 3.05) is 11.9 Å². The minimum absolute atomic E-state index is 0.184. The van der Waals surface area contributed by atoms with E-state index in [4.69, 9.17) is 9.84 Å². The van der Waals surface area contributed by atoms with Crippen LogP contribution in [0.15, 0.2) is 24.3 Å². The van der Waals surface area contributed by atoms with E-state index in [1.807, 2.05) is 19.1 Å². The summed E-state index contributed by atoms with van der Waals surface area (Å²) in [6, 6.07) is 6.94. The highest BCUT2D eigenvalue weighted by atomic mass is 16.6. The minimum Gasteiger partial charge on any atom is -0.508 e. The molecular weight excluding hydrogens is 154 g/mol. The van der Waals surface area contributed by atoms with Gasteiger partial charge in [-0.25, -0.2) is 0 Å². The highest BCUT2D eigenvalue weighted by molar-refractivity contribution is 5.48. The minimum atomic E-state index is -0.184. The van der Waals surface area contributed by atoms with E-state index in [9.17, 15) is 0 Å². The van der Waals surface area contributed by atoms with Crippen molar-refractivity contribution in [2.45, 2.75) is 12.6 Å². The fourth-order valence-corrected chi connectivity index (χ4v) is 1.03. The summed E-state index contributed by atoms with van der Waals surface area (Å²) in [6.07, 6.45) is 0. The maximum atomic E-state index is 9.01. The zero-order valence-electron chi connectivity index (χ0n) is 6.87. The summed E-state index contributed by atoms with van der Waals surface area (Å²) in [4.78, 5) is 0. The quantitative estimate of drug-likeness (QED) is 0.516. The number of phenolic OH excluding ortho intramolecular Hbond substituents is 1. The molecule has 64 valence electrons. The van der Waals surface area contributed by atoms with Crippen LogP contribution < -0.4 is 5.32 Å². The Morgan fingerprint density at radius 2 is 2.00 bits per heavy atom. The van der Waals surface area contributed by atoms with Gasteiger partial charge in [-0.1, -0.05) is 0 Å². The Bertz CT molecular complexity index is 277. The first-order valence-corrected chi connectivity index (χ1v) is 3.89. The van der Waals surface area contributed by atoms with Gasteiger partial charge in [0.25, 0.3) is 0 Å². The van der Waals surface area contributed by atoms with Gasteiger partial charge in [0.05, 0.1) is 6.61 Å². The zero-order chi connectivity index (χ0) is 8.60. The van der Waals surface area contributed by atoms with E-state index >= 15 is 0 Å². The molecule has 3 heteroatoms. The SMILES string of the molecule is CC1(Nc2ccc(O)cc2)CO1. The molecule has 1 fully saturated rings. The van der Waals surface area contributed by atoms with Gasteiger partial charge in [0.15, 0.2) is 5.72 Å². The van der Waals surface area contributed by atoms with Crippen molar-refractivity contribution < 1.29 is 9.84 Å². The second-order valence-corrected chi connectivity index (χ2v) is 3.19. The largest absolute Gasteiger partial charge is 0.508 e. The van der Waals surface area contributed by atoms with Crippen LogP contribution in [0.1, 0.15) is 6.92 Å². The Morgan fingerprint density at radius 3 is 2.50 bits per heavy atom. The molecule has 0 bridgehead atoms. The van der Waals surface area contributed by atoms with Crippen LogP contribution in [0.25, 0.3) is 0 Å². The van der Waals surface area contributed by atoms with Gasteiger partial charge < -0.3 is 15.2 Å². The van der Waals surface area contributed by atoms with E-state index < -0.39 is 0 Å². The number of ether oxygens (including phenoxy) is 1. The average molecular weight is 165 g/mol. The molecule has 1 aromatic rings. The highest BCUT2D eigenvalue weighted by Crippen LogP contribution is 2.28. The summed E-state index contributed by atoms with van der Waals surface area (Å²) in [5, 5.41) is 12.2. The molecule has 1 aromatic carbocycles. The van der Waals surface area contributed by atoms with Crippen molar-refractivity contribution >= 4 is 5.69 Å². The van der Waals surface area contributed by atoms with Gasteiger partial charge in [0.2, 0.25) is 0 Å². The van der Waals surface area contributed by atoms with Gasteiger partial charge in [-0.05, 0) is 31.2 Å². The van der Waals surface area contributed by atoms with Crippen molar-refractivity contribution in [3.63, 3.8) is 0 Å². The van der Waals surface area contributed by atoms with Crippen molar-refractivity contribution in [3.05, 3.63) is 24.3 Å². The van der Waals surface area contributed by atoms with Crippen LogP contribution in [0.4, 0.5) is 5.69 Å². The smallest absolute Gasteiger partial charge is 0.159 e. The van der Waals surface area contributed by atoms with Crippen LogP contribution >= 0.6 is 0 Å². The Balaban J connectivity index is 2.08. The summed E-state index contributed by atoms with van der Waals surface area (Å²) in [7, 11) is 0. The maximum Gasteiger partial charge on any atom is 0.159 e. The predicted molar refractivity (Wildman–Crippen MR) is 46.1 cm³/mol. The average Bonchev–Trinajstić information content (AvgIpc) is 2.74. The molecule has 0 aliphatic carbocycles. The molecule has 1 saturated heterocycles. The van der Waals surface area contributed by atoms with Crippen molar-refractivity contribution in [1.82, 2.24) is 0 Å². The lowest BCUT2D eigenvalue weighted by Crippen LogP contribution is -2.17. The van der Waals surface area contributed by atoms with Gasteiger partial charge in [0, 0.05) is 5.69 Å². The van der Waals surface area contributed by atoms with Gasteiger partial charge in [0.1, 0.15) is 5.75 Å². The van der Waals surface area contributed by atoms with E-state index in [0.717, 1.165) is 12.3 Å². The van der Waals surface area contributed by atoms with Gasteiger partial charge in [-0.3, -0.25) is 0 Å². The van der Waals surface area contributed by atoms with Crippen LogP contribution in [0.2, 0.25) is 0 Å². The summed E-state index contributed by atoms with van der Waals surface area (Å²) < 4.78 is 5.16. The number of phenols is 1. The van der Waals surface area contributed by atoms with Crippen molar-refractivity contribution in [3.8, 4) is 5.75 Å². The van der Waals surface area contributed by atoms with Gasteiger partial charge >= 0.3 is 0 Å². The van der Waals surface area contributed by atoms with Crippen LogP contribution in [-0.4, -0.2) is 17.4 Å². The number of benzene rings is 1. The highest BCUT2D eigenvalue weighted by Gasteiger charge is 2.38. The molecule has 0 saturated carbocycles. The van der Waals surface area contributed by atoms with Crippen molar-refractivity contribution in [1.29, 1.82) is 0 Å². The lowest BCUT2D eigenvalue weighted by molar-refractivity contribution is 0.351. The van der Waals surface area contributed by atoms with Gasteiger partial charge in [-0.2, -0.15) is 0 Å². The van der Waals surface area contributed by atoms with Crippen LogP contribution in [0.5, 0.6) is 5.75 Å².